The van der Waals surface area contributed by atoms with Crippen molar-refractivity contribution in [2.45, 2.75) is 56.7 Å². The first-order valence-electron chi connectivity index (χ1n) is 8.04. The molecule has 2 aliphatic heterocycles. The van der Waals surface area contributed by atoms with Crippen molar-refractivity contribution in [1.82, 2.24) is 10.2 Å². The van der Waals surface area contributed by atoms with Crippen molar-refractivity contribution < 1.29 is 19.7 Å². The second kappa shape index (κ2) is 6.11. The molecule has 4 atom stereocenters. The standard InChI is InChI=1S/C17H24N2O4/c1-17(2)19(16(21)22)14(8-11-6-4-3-5-7-11)15(23-17)13-9-12(20)10-18-13/h3-7,12-15,18,20H,8-10H2,1-2H3,(H,21,22)/t12-,13-,14?,15?/m1/s1. The predicted octanol–water partition coefficient (Wildman–Crippen LogP) is 1.44. The van der Waals surface area contributed by atoms with Gasteiger partial charge < -0.3 is 20.3 Å². The maximum absolute atomic E-state index is 11.8. The number of nitrogens with zero attached hydrogens (tertiary/aromatic N) is 1. The predicted molar refractivity (Wildman–Crippen MR) is 85.2 cm³/mol. The molecular weight excluding hydrogens is 296 g/mol. The minimum atomic E-state index is -0.975. The van der Waals surface area contributed by atoms with Gasteiger partial charge in [-0.05, 0) is 32.3 Å². The van der Waals surface area contributed by atoms with Crippen LogP contribution in [0.1, 0.15) is 25.8 Å². The topological polar surface area (TPSA) is 82.0 Å². The van der Waals surface area contributed by atoms with E-state index in [0.29, 0.717) is 19.4 Å². The molecule has 0 aromatic heterocycles. The molecule has 3 N–H and O–H groups in total. The number of aliphatic hydroxyl groups is 1. The van der Waals surface area contributed by atoms with E-state index in [0.717, 1.165) is 5.56 Å². The first kappa shape index (κ1) is 16.2. The minimum absolute atomic E-state index is 0.0395. The molecule has 2 saturated heterocycles. The lowest BCUT2D eigenvalue weighted by molar-refractivity contribution is -0.0735. The average molecular weight is 320 g/mol. The first-order valence-corrected chi connectivity index (χ1v) is 8.04. The molecule has 2 aliphatic rings. The molecule has 1 aromatic carbocycles. The Labute approximate surface area is 136 Å². The van der Waals surface area contributed by atoms with Crippen LogP contribution < -0.4 is 5.32 Å². The number of nitrogens with one attached hydrogen (secondary N) is 1. The lowest BCUT2D eigenvalue weighted by atomic mass is 9.95. The molecule has 0 saturated carbocycles. The molecule has 1 amide bonds. The van der Waals surface area contributed by atoms with Gasteiger partial charge in [-0.3, -0.25) is 4.90 Å². The van der Waals surface area contributed by atoms with Crippen molar-refractivity contribution in [1.29, 1.82) is 0 Å². The maximum atomic E-state index is 11.8. The van der Waals surface area contributed by atoms with E-state index in [1.165, 1.54) is 4.90 Å². The van der Waals surface area contributed by atoms with Crippen LogP contribution in [-0.2, 0) is 11.2 Å². The number of hydrogen-bond donors (Lipinski definition) is 3. The van der Waals surface area contributed by atoms with Crippen LogP contribution in [0.5, 0.6) is 0 Å². The van der Waals surface area contributed by atoms with Gasteiger partial charge in [0.2, 0.25) is 0 Å². The van der Waals surface area contributed by atoms with Crippen LogP contribution in [0.3, 0.4) is 0 Å². The second-order valence-corrected chi connectivity index (χ2v) is 6.84. The lowest BCUT2D eigenvalue weighted by Crippen LogP contribution is -2.50. The minimum Gasteiger partial charge on any atom is -0.465 e. The third kappa shape index (κ3) is 3.20. The Balaban J connectivity index is 1.88. The van der Waals surface area contributed by atoms with Crippen LogP contribution in [0.4, 0.5) is 4.79 Å². The number of β-amino-alcohol motifs (C(OH)–C–C–N with tert-alkyl or cyclic N) is 1. The van der Waals surface area contributed by atoms with Crippen molar-refractivity contribution in [3.63, 3.8) is 0 Å². The molecule has 2 heterocycles. The number of aliphatic hydroxyl groups excluding tert-OH is 1. The van der Waals surface area contributed by atoms with Gasteiger partial charge in [0.1, 0.15) is 5.72 Å². The fraction of sp³-hybridized carbons (Fsp3) is 0.588. The molecule has 0 bridgehead atoms. The van der Waals surface area contributed by atoms with Crippen LogP contribution in [0.25, 0.3) is 0 Å². The highest BCUT2D eigenvalue weighted by molar-refractivity contribution is 5.67. The highest BCUT2D eigenvalue weighted by atomic mass is 16.6. The fourth-order valence-corrected chi connectivity index (χ4v) is 3.80. The van der Waals surface area contributed by atoms with Crippen LogP contribution in [0.2, 0.25) is 0 Å². The monoisotopic (exact) mass is 320 g/mol. The summed E-state index contributed by atoms with van der Waals surface area (Å²) in [7, 11) is 0. The van der Waals surface area contributed by atoms with Gasteiger partial charge in [0, 0.05) is 12.6 Å². The summed E-state index contributed by atoms with van der Waals surface area (Å²) in [5.41, 5.74) is 0.194. The van der Waals surface area contributed by atoms with E-state index in [1.807, 2.05) is 30.3 Å². The molecule has 6 heteroatoms. The van der Waals surface area contributed by atoms with Gasteiger partial charge in [0.15, 0.2) is 0 Å². The summed E-state index contributed by atoms with van der Waals surface area (Å²) in [6.45, 7) is 4.09. The van der Waals surface area contributed by atoms with Gasteiger partial charge >= 0.3 is 6.09 Å². The highest BCUT2D eigenvalue weighted by Crippen LogP contribution is 2.37. The van der Waals surface area contributed by atoms with E-state index in [9.17, 15) is 15.0 Å². The van der Waals surface area contributed by atoms with Gasteiger partial charge in [0.05, 0.1) is 18.2 Å². The van der Waals surface area contributed by atoms with Gasteiger partial charge in [-0.2, -0.15) is 0 Å². The van der Waals surface area contributed by atoms with E-state index >= 15 is 0 Å². The van der Waals surface area contributed by atoms with E-state index in [2.05, 4.69) is 5.32 Å². The van der Waals surface area contributed by atoms with Crippen molar-refractivity contribution in [2.75, 3.05) is 6.54 Å². The van der Waals surface area contributed by atoms with Crippen molar-refractivity contribution in [3.05, 3.63) is 35.9 Å². The van der Waals surface area contributed by atoms with Crippen LogP contribution in [-0.4, -0.2) is 57.8 Å². The van der Waals surface area contributed by atoms with Crippen molar-refractivity contribution >= 4 is 6.09 Å². The van der Waals surface area contributed by atoms with Gasteiger partial charge in [0.25, 0.3) is 0 Å². The van der Waals surface area contributed by atoms with Crippen molar-refractivity contribution in [2.24, 2.45) is 0 Å². The Kier molecular flexibility index (Phi) is 4.31. The Hall–Kier alpha value is -1.63. The first-order chi connectivity index (χ1) is 10.9. The Bertz CT molecular complexity index is 563. The number of hydrogen-bond acceptors (Lipinski definition) is 4. The van der Waals surface area contributed by atoms with Crippen molar-refractivity contribution in [3.8, 4) is 0 Å². The molecule has 0 aliphatic carbocycles. The summed E-state index contributed by atoms with van der Waals surface area (Å²) in [5.74, 6) is 0. The molecule has 1 aromatic rings. The zero-order chi connectivity index (χ0) is 16.6. The molecule has 23 heavy (non-hydrogen) atoms. The third-order valence-electron chi connectivity index (χ3n) is 4.75. The Morgan fingerprint density at radius 3 is 2.65 bits per heavy atom. The molecule has 0 radical (unpaired) electrons. The smallest absolute Gasteiger partial charge is 0.409 e. The van der Waals surface area contributed by atoms with E-state index in [1.54, 1.807) is 13.8 Å². The zero-order valence-electron chi connectivity index (χ0n) is 13.5. The number of rotatable bonds is 3. The molecule has 2 fully saturated rings. The van der Waals surface area contributed by atoms with Gasteiger partial charge in [-0.15, -0.1) is 0 Å². The molecular formula is C17H24N2O4. The summed E-state index contributed by atoms with van der Waals surface area (Å²) >= 11 is 0. The number of ether oxygens (including phenoxy) is 1. The summed E-state index contributed by atoms with van der Waals surface area (Å²) in [6, 6.07) is 9.52. The Morgan fingerprint density at radius 1 is 1.39 bits per heavy atom. The average Bonchev–Trinajstić information content (AvgIpc) is 3.01. The third-order valence-corrected chi connectivity index (χ3v) is 4.75. The number of amides is 1. The van der Waals surface area contributed by atoms with E-state index < -0.39 is 17.9 Å². The molecule has 126 valence electrons. The number of benzene rings is 1. The molecule has 3 rings (SSSR count). The van der Waals surface area contributed by atoms with Crippen LogP contribution in [0.15, 0.2) is 30.3 Å². The molecule has 2 unspecified atom stereocenters. The normalized spacial score (nSPS) is 33.1. The van der Waals surface area contributed by atoms with Gasteiger partial charge in [-0.1, -0.05) is 30.3 Å². The maximum Gasteiger partial charge on any atom is 0.409 e. The largest absolute Gasteiger partial charge is 0.465 e. The quantitative estimate of drug-likeness (QED) is 0.785. The zero-order valence-corrected chi connectivity index (χ0v) is 13.5. The summed E-state index contributed by atoms with van der Waals surface area (Å²) in [5, 5.41) is 22.7. The molecule has 6 nitrogen and oxygen atoms in total. The SMILES string of the molecule is CC1(C)OC([C@H]2C[C@@H](O)CN2)C(Cc2ccccc2)N1C(=O)O. The number of carboxylic acid groups (broad SMARTS) is 1. The van der Waals surface area contributed by atoms with Gasteiger partial charge in [-0.25, -0.2) is 4.79 Å². The Morgan fingerprint density at radius 2 is 2.09 bits per heavy atom. The summed E-state index contributed by atoms with van der Waals surface area (Å²) < 4.78 is 6.11. The summed E-state index contributed by atoms with van der Waals surface area (Å²) in [6.07, 6.45) is -0.479. The molecule has 0 spiro atoms. The summed E-state index contributed by atoms with van der Waals surface area (Å²) in [4.78, 5) is 13.2. The lowest BCUT2D eigenvalue weighted by Gasteiger charge is -2.31. The number of carbonyl (C=O) groups is 1. The second-order valence-electron chi connectivity index (χ2n) is 6.84. The van der Waals surface area contributed by atoms with Crippen LogP contribution >= 0.6 is 0 Å². The van der Waals surface area contributed by atoms with Crippen LogP contribution in [0, 0.1) is 0 Å². The van der Waals surface area contributed by atoms with E-state index in [4.69, 9.17) is 4.74 Å². The fourth-order valence-electron chi connectivity index (χ4n) is 3.80. The highest BCUT2D eigenvalue weighted by Gasteiger charge is 2.53. The van der Waals surface area contributed by atoms with E-state index in [-0.39, 0.29) is 18.2 Å².